The van der Waals surface area contributed by atoms with Crippen molar-refractivity contribution in [3.63, 3.8) is 0 Å². The van der Waals surface area contributed by atoms with Gasteiger partial charge in [0.15, 0.2) is 0 Å². The van der Waals surface area contributed by atoms with Gasteiger partial charge in [-0.25, -0.2) is 9.97 Å². The van der Waals surface area contributed by atoms with Gasteiger partial charge in [0.25, 0.3) is 5.91 Å². The maximum Gasteiger partial charge on any atom is 0.272 e. The Hall–Kier alpha value is -2.56. The van der Waals surface area contributed by atoms with Crippen LogP contribution in [0.15, 0.2) is 30.6 Å². The zero-order chi connectivity index (χ0) is 20.3. The minimum absolute atomic E-state index is 0.0943. The number of likely N-dealkylation sites (tertiary alicyclic amines) is 1. The lowest BCUT2D eigenvalue weighted by atomic mass is 9.86. The lowest BCUT2D eigenvalue weighted by molar-refractivity contribution is -0.120. The number of hydrogen-bond acceptors (Lipinski definition) is 4. The number of rotatable bonds is 4. The Morgan fingerprint density at radius 1 is 1.04 bits per heavy atom. The Balaban J connectivity index is 1.69. The summed E-state index contributed by atoms with van der Waals surface area (Å²) >= 11 is 0. The molecule has 0 unspecified atom stereocenters. The van der Waals surface area contributed by atoms with Crippen molar-refractivity contribution < 1.29 is 9.59 Å². The Morgan fingerprint density at radius 3 is 2.29 bits per heavy atom. The molecule has 0 aliphatic carbocycles. The highest BCUT2D eigenvalue weighted by Gasteiger charge is 2.24. The summed E-state index contributed by atoms with van der Waals surface area (Å²) in [6, 6.07) is 8.73. The topological polar surface area (TPSA) is 63.2 Å². The molecule has 1 aromatic carbocycles. The molecule has 1 saturated heterocycles. The van der Waals surface area contributed by atoms with Crippen LogP contribution in [0.25, 0.3) is 0 Å². The molecule has 3 rings (SSSR count). The highest BCUT2D eigenvalue weighted by Crippen LogP contribution is 2.23. The highest BCUT2D eigenvalue weighted by atomic mass is 16.2. The first kappa shape index (κ1) is 20.2. The van der Waals surface area contributed by atoms with Gasteiger partial charge < -0.3 is 4.90 Å². The molecule has 0 bridgehead atoms. The smallest absolute Gasteiger partial charge is 0.272 e. The molecule has 1 fully saturated rings. The Morgan fingerprint density at radius 2 is 1.68 bits per heavy atom. The fourth-order valence-electron chi connectivity index (χ4n) is 3.50. The molecule has 28 heavy (non-hydrogen) atoms. The van der Waals surface area contributed by atoms with Crippen LogP contribution in [0.3, 0.4) is 0 Å². The number of benzene rings is 1. The van der Waals surface area contributed by atoms with Crippen molar-refractivity contribution in [2.24, 2.45) is 0 Å². The molecule has 5 nitrogen and oxygen atoms in total. The number of piperidine rings is 1. The maximum atomic E-state index is 12.8. The fourth-order valence-corrected chi connectivity index (χ4v) is 3.50. The Bertz CT molecular complexity index is 856. The van der Waals surface area contributed by atoms with Gasteiger partial charge in [-0.1, -0.05) is 45.0 Å². The van der Waals surface area contributed by atoms with Crippen LogP contribution >= 0.6 is 0 Å². The monoisotopic (exact) mass is 379 g/mol. The molecule has 0 atom stereocenters. The van der Waals surface area contributed by atoms with E-state index in [1.165, 1.54) is 17.5 Å². The van der Waals surface area contributed by atoms with Gasteiger partial charge in [-0.2, -0.15) is 0 Å². The molecule has 148 valence electrons. The van der Waals surface area contributed by atoms with Gasteiger partial charge in [0.05, 0.1) is 0 Å². The van der Waals surface area contributed by atoms with Crippen molar-refractivity contribution in [2.45, 2.75) is 58.8 Å². The summed E-state index contributed by atoms with van der Waals surface area (Å²) in [7, 11) is 0. The van der Waals surface area contributed by atoms with Crippen molar-refractivity contribution in [1.82, 2.24) is 14.9 Å². The molecule has 2 heterocycles. The van der Waals surface area contributed by atoms with E-state index in [0.29, 0.717) is 31.6 Å². The van der Waals surface area contributed by atoms with Crippen molar-refractivity contribution in [3.05, 3.63) is 58.7 Å². The van der Waals surface area contributed by atoms with E-state index in [2.05, 4.69) is 55.0 Å². The maximum absolute atomic E-state index is 12.8. The molecule has 0 saturated carbocycles. The summed E-state index contributed by atoms with van der Waals surface area (Å²) < 4.78 is 0. The van der Waals surface area contributed by atoms with Gasteiger partial charge in [-0.05, 0) is 36.3 Å². The van der Waals surface area contributed by atoms with Gasteiger partial charge in [0, 0.05) is 37.2 Å². The molecule has 5 heteroatoms. The molecular weight excluding hydrogens is 350 g/mol. The fraction of sp³-hybridized carbons (Fsp3) is 0.478. The number of nitrogens with zero attached hydrogens (tertiary/aromatic N) is 3. The quantitative estimate of drug-likeness (QED) is 0.813. The predicted octanol–water partition coefficient (Wildman–Crippen LogP) is 3.67. The minimum Gasteiger partial charge on any atom is -0.336 e. The number of carbonyl (C=O) groups excluding carboxylic acids is 2. The van der Waals surface area contributed by atoms with E-state index >= 15 is 0 Å². The van der Waals surface area contributed by atoms with Crippen LogP contribution < -0.4 is 0 Å². The average Bonchev–Trinajstić information content (AvgIpc) is 2.67. The molecule has 2 aromatic rings. The number of aromatic nitrogens is 2. The lowest BCUT2D eigenvalue weighted by Crippen LogP contribution is -2.39. The van der Waals surface area contributed by atoms with Crippen molar-refractivity contribution in [1.29, 1.82) is 0 Å². The number of amides is 1. The van der Waals surface area contributed by atoms with Crippen LogP contribution in [0.5, 0.6) is 0 Å². The molecular formula is C23H29N3O2. The van der Waals surface area contributed by atoms with E-state index in [1.54, 1.807) is 4.90 Å². The lowest BCUT2D eigenvalue weighted by Gasteiger charge is -2.26. The van der Waals surface area contributed by atoms with E-state index in [-0.39, 0.29) is 17.1 Å². The molecule has 1 aliphatic rings. The van der Waals surface area contributed by atoms with E-state index in [4.69, 9.17) is 0 Å². The summed E-state index contributed by atoms with van der Waals surface area (Å²) in [5.41, 5.74) is 4.94. The second-order valence-electron chi connectivity index (χ2n) is 8.57. The van der Waals surface area contributed by atoms with Gasteiger partial charge >= 0.3 is 0 Å². The summed E-state index contributed by atoms with van der Waals surface area (Å²) in [5.74, 6) is 0.129. The van der Waals surface area contributed by atoms with Crippen LogP contribution in [0.4, 0.5) is 0 Å². The second-order valence-corrected chi connectivity index (χ2v) is 8.57. The molecule has 0 N–H and O–H groups in total. The van der Waals surface area contributed by atoms with Gasteiger partial charge in [-0.15, -0.1) is 0 Å². The number of Topliss-reactive ketones (excluding diaryl/α,β-unsaturated/α-hetero) is 1. The van der Waals surface area contributed by atoms with Crippen LogP contribution in [0, 0.1) is 6.92 Å². The van der Waals surface area contributed by atoms with Gasteiger partial charge in [-0.3, -0.25) is 9.59 Å². The third-order valence-electron chi connectivity index (χ3n) is 5.47. The first-order chi connectivity index (χ1) is 13.3. The third-order valence-corrected chi connectivity index (χ3v) is 5.47. The highest BCUT2D eigenvalue weighted by molar-refractivity contribution is 5.95. The zero-order valence-corrected chi connectivity index (χ0v) is 17.3. The van der Waals surface area contributed by atoms with E-state index in [1.807, 2.05) is 6.92 Å². The Labute approximate surface area is 167 Å². The summed E-state index contributed by atoms with van der Waals surface area (Å²) in [6.45, 7) is 9.52. The number of carbonyl (C=O) groups is 2. The second kappa shape index (κ2) is 8.21. The van der Waals surface area contributed by atoms with E-state index in [0.717, 1.165) is 24.1 Å². The predicted molar refractivity (Wildman–Crippen MR) is 109 cm³/mol. The van der Waals surface area contributed by atoms with Crippen molar-refractivity contribution >= 4 is 11.7 Å². The van der Waals surface area contributed by atoms with Crippen molar-refractivity contribution in [3.8, 4) is 0 Å². The molecule has 1 aliphatic heterocycles. The van der Waals surface area contributed by atoms with E-state index < -0.39 is 0 Å². The molecule has 0 radical (unpaired) electrons. The summed E-state index contributed by atoms with van der Waals surface area (Å²) in [6.07, 6.45) is 3.99. The number of ketones is 1. The van der Waals surface area contributed by atoms with Crippen LogP contribution in [0.1, 0.15) is 66.5 Å². The first-order valence-corrected chi connectivity index (χ1v) is 9.96. The summed E-state index contributed by atoms with van der Waals surface area (Å²) in [4.78, 5) is 34.6. The Kier molecular flexibility index (Phi) is 5.92. The van der Waals surface area contributed by atoms with Gasteiger partial charge in [0.2, 0.25) is 0 Å². The van der Waals surface area contributed by atoms with Crippen LogP contribution in [-0.2, 0) is 23.1 Å². The molecule has 0 spiro atoms. The van der Waals surface area contributed by atoms with Crippen LogP contribution in [0.2, 0.25) is 0 Å². The van der Waals surface area contributed by atoms with E-state index in [9.17, 15) is 9.59 Å². The van der Waals surface area contributed by atoms with Crippen molar-refractivity contribution in [2.75, 3.05) is 13.1 Å². The average molecular weight is 380 g/mol. The van der Waals surface area contributed by atoms with Crippen LogP contribution in [-0.4, -0.2) is 39.6 Å². The largest absolute Gasteiger partial charge is 0.336 e. The molecule has 1 amide bonds. The minimum atomic E-state index is -0.0943. The number of aryl methyl sites for hydroxylation is 2. The summed E-state index contributed by atoms with van der Waals surface area (Å²) in [5, 5.41) is 0. The first-order valence-electron chi connectivity index (χ1n) is 9.96. The standard InChI is InChI=1S/C23H29N3O2/c1-16-20(10-7-17-5-8-18(9-6-17)23(2,3)4)24-15-25-21(16)22(28)26-13-11-19(27)12-14-26/h5-6,8-9,15H,7,10-14H2,1-4H3. The third kappa shape index (κ3) is 4.64. The SMILES string of the molecule is Cc1c(CCc2ccc(C(C)(C)C)cc2)ncnc1C(=O)N1CCC(=O)CC1. The molecule has 1 aromatic heterocycles. The van der Waals surface area contributed by atoms with Gasteiger partial charge in [0.1, 0.15) is 17.8 Å². The normalized spacial score (nSPS) is 15.0. The zero-order valence-electron chi connectivity index (χ0n) is 17.3. The number of hydrogen-bond donors (Lipinski definition) is 0.